The van der Waals surface area contributed by atoms with E-state index in [1.807, 2.05) is 65.6 Å². The van der Waals surface area contributed by atoms with Crippen LogP contribution in [0.3, 0.4) is 0 Å². The van der Waals surface area contributed by atoms with Gasteiger partial charge in [-0.25, -0.2) is 0 Å². The first-order valence-electron chi connectivity index (χ1n) is 15.6. The smallest absolute Gasteiger partial charge is 0.226 e. The molecule has 1 saturated carbocycles. The Balaban J connectivity index is 1.52. The molecule has 42 heavy (non-hydrogen) atoms. The normalized spacial score (nSPS) is 17.5. The van der Waals surface area contributed by atoms with Gasteiger partial charge in [-0.1, -0.05) is 52.0 Å². The molecule has 226 valence electrons. The lowest BCUT2D eigenvalue weighted by Gasteiger charge is -2.30. The summed E-state index contributed by atoms with van der Waals surface area (Å²) in [6.07, 6.45) is 5.68. The highest BCUT2D eigenvalue weighted by atomic mass is 16.5. The molecule has 0 spiro atoms. The molecule has 7 heteroatoms. The van der Waals surface area contributed by atoms with Crippen LogP contribution in [0, 0.1) is 5.92 Å². The third-order valence-electron chi connectivity index (χ3n) is 8.08. The summed E-state index contributed by atoms with van der Waals surface area (Å²) in [4.78, 5) is 33.3. The number of likely N-dealkylation sites (tertiary alicyclic amines) is 1. The first-order chi connectivity index (χ1) is 20.4. The number of carbonyl (C=O) groups is 2. The van der Waals surface area contributed by atoms with E-state index in [0.29, 0.717) is 37.4 Å². The molecule has 1 saturated heterocycles. The Bertz CT molecular complexity index is 1170. The van der Waals surface area contributed by atoms with Gasteiger partial charge in [0, 0.05) is 43.2 Å². The highest BCUT2D eigenvalue weighted by Crippen LogP contribution is 2.33. The molecule has 0 atom stereocenters. The lowest BCUT2D eigenvalue weighted by atomic mass is 9.94. The highest BCUT2D eigenvalue weighted by molar-refractivity contribution is 6.15. The summed E-state index contributed by atoms with van der Waals surface area (Å²) in [6, 6.07) is 15.7. The number of carbonyl (C=O) groups excluding carboxylic acids is 2. The molecular weight excluding hydrogens is 526 g/mol. The second kappa shape index (κ2) is 15.7. The van der Waals surface area contributed by atoms with Crippen molar-refractivity contribution in [2.24, 2.45) is 5.92 Å². The van der Waals surface area contributed by atoms with Crippen LogP contribution in [0.15, 0.2) is 59.7 Å². The second-order valence-electron chi connectivity index (χ2n) is 11.0. The Morgan fingerprint density at radius 3 is 1.64 bits per heavy atom. The Kier molecular flexibility index (Phi) is 11.8. The molecule has 7 nitrogen and oxygen atoms in total. The number of likely N-dealkylation sites (N-methyl/N-ethyl adjacent to an activating group) is 2. The Hall–Kier alpha value is -3.42. The van der Waals surface area contributed by atoms with E-state index in [2.05, 4.69) is 37.5 Å². The number of benzene rings is 2. The van der Waals surface area contributed by atoms with Crippen LogP contribution in [-0.4, -0.2) is 92.0 Å². The van der Waals surface area contributed by atoms with Crippen molar-refractivity contribution in [2.45, 2.75) is 40.5 Å². The molecule has 1 amide bonds. The predicted octanol–water partition coefficient (Wildman–Crippen LogP) is 5.42. The fourth-order valence-electron chi connectivity index (χ4n) is 5.24. The standard InChI is InChI=1S/C35H47N3O4/c1-5-36(6-2)17-19-41-32-13-9-11-27(23-32)21-30-25-38(35(40)29-15-16-29)26-31(34(30)39)22-28-12-10-14-33(24-28)42-20-18-37(7-3)8-4/h9-14,21-24,29H,5-8,15-20,25-26H2,1-4H3/b30-21+,31-22+. The Labute approximate surface area is 251 Å². The van der Waals surface area contributed by atoms with E-state index in [-0.39, 0.29) is 17.6 Å². The summed E-state index contributed by atoms with van der Waals surface area (Å²) in [7, 11) is 0. The zero-order chi connectivity index (χ0) is 29.9. The van der Waals surface area contributed by atoms with Gasteiger partial charge in [-0.15, -0.1) is 0 Å². The number of hydrogen-bond donors (Lipinski definition) is 0. The number of ether oxygens (including phenoxy) is 2. The van der Waals surface area contributed by atoms with Crippen molar-refractivity contribution < 1.29 is 19.1 Å². The molecule has 2 aromatic rings. The number of nitrogens with zero attached hydrogens (tertiary/aromatic N) is 3. The molecular formula is C35H47N3O4. The van der Waals surface area contributed by atoms with E-state index in [9.17, 15) is 9.59 Å². The van der Waals surface area contributed by atoms with Gasteiger partial charge in [0.2, 0.25) is 5.91 Å². The molecule has 1 aliphatic heterocycles. The third kappa shape index (κ3) is 9.04. The summed E-state index contributed by atoms with van der Waals surface area (Å²) in [5.74, 6) is 1.76. The maximum Gasteiger partial charge on any atom is 0.226 e. The topological polar surface area (TPSA) is 62.3 Å². The molecule has 0 bridgehead atoms. The first kappa shape index (κ1) is 31.5. The van der Waals surface area contributed by atoms with Crippen molar-refractivity contribution in [2.75, 3.05) is 65.6 Å². The van der Waals surface area contributed by atoms with E-state index >= 15 is 0 Å². The minimum absolute atomic E-state index is 0.0180. The zero-order valence-electron chi connectivity index (χ0n) is 25.8. The zero-order valence-corrected chi connectivity index (χ0v) is 25.8. The molecule has 0 unspecified atom stereocenters. The summed E-state index contributed by atoms with van der Waals surface area (Å²) in [5, 5.41) is 0. The van der Waals surface area contributed by atoms with Gasteiger partial charge in [-0.05, 0) is 86.6 Å². The molecule has 0 aromatic heterocycles. The van der Waals surface area contributed by atoms with Crippen molar-refractivity contribution in [3.05, 3.63) is 70.8 Å². The van der Waals surface area contributed by atoms with Crippen LogP contribution in [0.1, 0.15) is 51.7 Å². The number of ketones is 1. The third-order valence-corrected chi connectivity index (χ3v) is 8.08. The van der Waals surface area contributed by atoms with Gasteiger partial charge < -0.3 is 24.2 Å². The van der Waals surface area contributed by atoms with Gasteiger partial charge in [-0.2, -0.15) is 0 Å². The minimum atomic E-state index is -0.0180. The summed E-state index contributed by atoms with van der Waals surface area (Å²) in [5.41, 5.74) is 3.02. The molecule has 2 fully saturated rings. The number of Topliss-reactive ketones (excluding diaryl/α,β-unsaturated/α-hetero) is 1. The molecule has 1 heterocycles. The molecule has 1 aliphatic carbocycles. The lowest BCUT2D eigenvalue weighted by Crippen LogP contribution is -2.42. The van der Waals surface area contributed by atoms with E-state index in [1.165, 1.54) is 0 Å². The maximum atomic E-state index is 13.7. The lowest BCUT2D eigenvalue weighted by molar-refractivity contribution is -0.132. The van der Waals surface area contributed by atoms with Crippen molar-refractivity contribution in [1.82, 2.24) is 14.7 Å². The summed E-state index contributed by atoms with van der Waals surface area (Å²) < 4.78 is 12.0. The van der Waals surface area contributed by atoms with Crippen molar-refractivity contribution in [3.63, 3.8) is 0 Å². The van der Waals surface area contributed by atoms with Crippen LogP contribution in [0.2, 0.25) is 0 Å². The van der Waals surface area contributed by atoms with Crippen LogP contribution in [0.5, 0.6) is 11.5 Å². The van der Waals surface area contributed by atoms with E-state index in [1.54, 1.807) is 0 Å². The largest absolute Gasteiger partial charge is 0.492 e. The van der Waals surface area contributed by atoms with Crippen molar-refractivity contribution in [1.29, 1.82) is 0 Å². The van der Waals surface area contributed by atoms with E-state index in [0.717, 1.165) is 74.7 Å². The Morgan fingerprint density at radius 1 is 0.786 bits per heavy atom. The number of hydrogen-bond acceptors (Lipinski definition) is 6. The van der Waals surface area contributed by atoms with Gasteiger partial charge in [0.05, 0.1) is 0 Å². The minimum Gasteiger partial charge on any atom is -0.492 e. The van der Waals surface area contributed by atoms with Gasteiger partial charge in [0.15, 0.2) is 5.78 Å². The fourth-order valence-corrected chi connectivity index (χ4v) is 5.24. The van der Waals surface area contributed by atoms with Crippen LogP contribution < -0.4 is 9.47 Å². The van der Waals surface area contributed by atoms with E-state index in [4.69, 9.17) is 9.47 Å². The monoisotopic (exact) mass is 573 g/mol. The molecule has 0 N–H and O–H groups in total. The molecule has 0 radical (unpaired) electrons. The molecule has 2 aromatic carbocycles. The molecule has 4 rings (SSSR count). The number of piperidine rings is 1. The maximum absolute atomic E-state index is 13.7. The predicted molar refractivity (Wildman–Crippen MR) is 170 cm³/mol. The number of rotatable bonds is 15. The van der Waals surface area contributed by atoms with Gasteiger partial charge in [0.1, 0.15) is 24.7 Å². The average Bonchev–Trinajstić information content (AvgIpc) is 3.85. The summed E-state index contributed by atoms with van der Waals surface area (Å²) >= 11 is 0. The van der Waals surface area contributed by atoms with Crippen LogP contribution >= 0.6 is 0 Å². The summed E-state index contributed by atoms with van der Waals surface area (Å²) in [6.45, 7) is 16.2. The van der Waals surface area contributed by atoms with Crippen LogP contribution in [0.25, 0.3) is 12.2 Å². The van der Waals surface area contributed by atoms with Crippen molar-refractivity contribution in [3.8, 4) is 11.5 Å². The van der Waals surface area contributed by atoms with Gasteiger partial charge in [0.25, 0.3) is 0 Å². The van der Waals surface area contributed by atoms with Gasteiger partial charge in [-0.3, -0.25) is 9.59 Å². The van der Waals surface area contributed by atoms with Crippen molar-refractivity contribution >= 4 is 23.8 Å². The van der Waals surface area contributed by atoms with Crippen LogP contribution in [-0.2, 0) is 9.59 Å². The first-order valence-corrected chi connectivity index (χ1v) is 15.6. The fraction of sp³-hybridized carbons (Fsp3) is 0.486. The van der Waals surface area contributed by atoms with Crippen LogP contribution in [0.4, 0.5) is 0 Å². The Morgan fingerprint density at radius 2 is 1.24 bits per heavy atom. The second-order valence-corrected chi connectivity index (χ2v) is 11.0. The average molecular weight is 574 g/mol. The molecule has 2 aliphatic rings. The quantitative estimate of drug-likeness (QED) is 0.265. The van der Waals surface area contributed by atoms with Gasteiger partial charge >= 0.3 is 0 Å². The highest BCUT2D eigenvalue weighted by Gasteiger charge is 2.37. The van der Waals surface area contributed by atoms with E-state index < -0.39 is 0 Å². The SMILES string of the molecule is CCN(CC)CCOc1cccc(/C=C2\CN(C(=O)C3CC3)C/C(=C\c3cccc(OCCN(CC)CC)c3)C2=O)c1. The number of amides is 1.